The van der Waals surface area contributed by atoms with Crippen LogP contribution in [0.15, 0.2) is 0 Å². The van der Waals surface area contributed by atoms with Crippen molar-refractivity contribution in [3.63, 3.8) is 0 Å². The fourth-order valence-corrected chi connectivity index (χ4v) is 3.32. The number of hydrogen-bond donors (Lipinski definition) is 2. The number of halogens is 6. The lowest BCUT2D eigenvalue weighted by Gasteiger charge is -2.47. The number of nitrogens with zero attached hydrogens (tertiary/aromatic N) is 1. The third-order valence-electron chi connectivity index (χ3n) is 4.05. The van der Waals surface area contributed by atoms with E-state index in [1.807, 2.05) is 0 Å². The van der Waals surface area contributed by atoms with E-state index < -0.39 is 81.3 Å². The van der Waals surface area contributed by atoms with Crippen molar-refractivity contribution in [2.75, 3.05) is 13.2 Å². The highest BCUT2D eigenvalue weighted by Gasteiger charge is 2.56. The predicted octanol–water partition coefficient (Wildman–Crippen LogP) is 2.65. The maximum Gasteiger partial charge on any atom is 0.416 e. The van der Waals surface area contributed by atoms with Crippen LogP contribution in [0.3, 0.4) is 0 Å². The number of aliphatic hydroxyl groups is 1. The van der Waals surface area contributed by atoms with Crippen molar-refractivity contribution in [1.29, 1.82) is 5.41 Å². The minimum atomic E-state index is -2.59. The smallest absolute Gasteiger partial charge is 0.416 e. The molecule has 1 aliphatic rings. The van der Waals surface area contributed by atoms with E-state index in [2.05, 4.69) is 0 Å². The maximum absolute atomic E-state index is 12.9. The van der Waals surface area contributed by atoms with Gasteiger partial charge in [-0.05, 0) is 0 Å². The van der Waals surface area contributed by atoms with Crippen LogP contribution in [0.25, 0.3) is 0 Å². The Hall–Kier alpha value is -0.990. The van der Waals surface area contributed by atoms with Gasteiger partial charge in [-0.3, -0.25) is 19.8 Å². The van der Waals surface area contributed by atoms with E-state index in [0.29, 0.717) is 0 Å². The molecule has 0 aromatic heterocycles. The summed E-state index contributed by atoms with van der Waals surface area (Å²) in [6.45, 7) is 1.65. The van der Waals surface area contributed by atoms with Gasteiger partial charge < -0.3 is 28.8 Å². The summed E-state index contributed by atoms with van der Waals surface area (Å²) in [5.74, 6) is -3.71. The van der Waals surface area contributed by atoms with Crippen molar-refractivity contribution in [1.82, 2.24) is 4.90 Å². The summed E-state index contributed by atoms with van der Waals surface area (Å²) in [5, 5.41) is 19.0. The normalized spacial score (nSPS) is 24.7. The zero-order valence-corrected chi connectivity index (χ0v) is 22.7. The van der Waals surface area contributed by atoms with Gasteiger partial charge in [-0.25, -0.2) is 9.69 Å². The first-order chi connectivity index (χ1) is 15.8. The highest BCUT2D eigenvalue weighted by Crippen LogP contribution is 2.36. The van der Waals surface area contributed by atoms with E-state index in [-0.39, 0.29) is 4.90 Å². The number of alkyl halides is 6. The van der Waals surface area contributed by atoms with E-state index in [1.54, 1.807) is 0 Å². The quantitative estimate of drug-likeness (QED) is 0.148. The molecule has 5 atom stereocenters. The van der Waals surface area contributed by atoms with Crippen molar-refractivity contribution in [3.05, 3.63) is 0 Å². The number of aliphatic hydroxyl groups excluding tert-OH is 1. The Kier molecular flexibility index (Phi) is 11.9. The SMILES string of the molecule is CC(=O)OCC1OC(O)C(N(C(=N)C(Cl)(Cl)Cl)C(=O)OCC(Cl)(Cl)Cl)C(OC(C)=O)C1OC(C)=O. The minimum absolute atomic E-state index is 0.278. The second kappa shape index (κ2) is 13.0. The van der Waals surface area contributed by atoms with Crippen LogP contribution in [0.4, 0.5) is 4.79 Å². The second-order valence-electron chi connectivity index (χ2n) is 6.89. The Morgan fingerprint density at radius 1 is 0.914 bits per heavy atom. The molecule has 0 aliphatic carbocycles. The molecule has 0 bridgehead atoms. The highest BCUT2D eigenvalue weighted by molar-refractivity contribution is 6.76. The van der Waals surface area contributed by atoms with Crippen LogP contribution in [0.2, 0.25) is 0 Å². The van der Waals surface area contributed by atoms with E-state index in [1.165, 1.54) is 0 Å². The molecule has 1 saturated heterocycles. The molecular weight excluding hydrogens is 605 g/mol. The minimum Gasteiger partial charge on any atom is -0.463 e. The van der Waals surface area contributed by atoms with Crippen molar-refractivity contribution >= 4 is 99.4 Å². The standard InChI is InChI=1S/C17H20Cl6N2O10/c1-6(26)31-4-9-11(33-7(2)27)12(34-8(3)28)10(13(29)35-9)25(14(24)17(21,22)23)15(30)32-5-16(18,19)20/h9-13,24,29H,4-5H2,1-3H3. The third kappa shape index (κ3) is 10.1. The van der Waals surface area contributed by atoms with Gasteiger partial charge >= 0.3 is 24.0 Å². The number of carbonyl (C=O) groups is 4. The molecule has 200 valence electrons. The van der Waals surface area contributed by atoms with Gasteiger partial charge in [0.1, 0.15) is 25.4 Å². The van der Waals surface area contributed by atoms with Gasteiger partial charge in [0.25, 0.3) is 0 Å². The number of nitrogens with one attached hydrogen (secondary N) is 1. The van der Waals surface area contributed by atoms with Crippen LogP contribution < -0.4 is 0 Å². The summed E-state index contributed by atoms with van der Waals surface area (Å²) >= 11 is 34.1. The number of esters is 3. The van der Waals surface area contributed by atoms with Gasteiger partial charge in [0, 0.05) is 20.8 Å². The predicted molar refractivity (Wildman–Crippen MR) is 124 cm³/mol. The third-order valence-corrected chi connectivity index (χ3v) is 4.92. The van der Waals surface area contributed by atoms with E-state index in [0.717, 1.165) is 20.8 Å². The van der Waals surface area contributed by atoms with Crippen molar-refractivity contribution < 1.29 is 48.0 Å². The largest absolute Gasteiger partial charge is 0.463 e. The first-order valence-corrected chi connectivity index (χ1v) is 11.6. The van der Waals surface area contributed by atoms with Gasteiger partial charge in [-0.15, -0.1) is 0 Å². The number of ether oxygens (including phenoxy) is 5. The monoisotopic (exact) mass is 622 g/mol. The molecule has 0 saturated carbocycles. The molecule has 18 heteroatoms. The Labute approximate surface area is 229 Å². The molecule has 0 aromatic carbocycles. The number of carbonyl (C=O) groups excluding carboxylic acids is 4. The Morgan fingerprint density at radius 2 is 1.43 bits per heavy atom. The molecule has 2 N–H and O–H groups in total. The van der Waals surface area contributed by atoms with Crippen molar-refractivity contribution in [2.24, 2.45) is 0 Å². The molecule has 5 unspecified atom stereocenters. The summed E-state index contributed by atoms with van der Waals surface area (Å²) in [7, 11) is 0. The molecule has 35 heavy (non-hydrogen) atoms. The lowest BCUT2D eigenvalue weighted by molar-refractivity contribution is -0.272. The van der Waals surface area contributed by atoms with Crippen LogP contribution in [0, 0.1) is 5.41 Å². The summed E-state index contributed by atoms with van der Waals surface area (Å²) < 4.78 is 20.8. The van der Waals surface area contributed by atoms with E-state index in [4.69, 9.17) is 98.7 Å². The molecule has 1 aliphatic heterocycles. The summed E-state index contributed by atoms with van der Waals surface area (Å²) in [5.41, 5.74) is 0. The van der Waals surface area contributed by atoms with E-state index >= 15 is 0 Å². The number of hydrogen-bond acceptors (Lipinski definition) is 11. The zero-order valence-electron chi connectivity index (χ0n) is 18.1. The van der Waals surface area contributed by atoms with Crippen LogP contribution in [0.5, 0.6) is 0 Å². The topological polar surface area (TPSA) is 162 Å². The summed E-state index contributed by atoms with van der Waals surface area (Å²) in [6.07, 6.45) is -8.32. The molecule has 1 amide bonds. The molecule has 0 spiro atoms. The second-order valence-corrected chi connectivity index (χ2v) is 11.7. The van der Waals surface area contributed by atoms with Gasteiger partial charge in [-0.1, -0.05) is 69.6 Å². The molecule has 1 rings (SSSR count). The highest BCUT2D eigenvalue weighted by atomic mass is 35.6. The Bertz CT molecular complexity index is 833. The lowest BCUT2D eigenvalue weighted by atomic mass is 9.95. The first-order valence-electron chi connectivity index (χ1n) is 9.35. The molecule has 1 fully saturated rings. The maximum atomic E-state index is 12.9. The average molecular weight is 625 g/mol. The van der Waals surface area contributed by atoms with Crippen molar-refractivity contribution in [3.8, 4) is 0 Å². The van der Waals surface area contributed by atoms with Crippen LogP contribution in [-0.2, 0) is 38.1 Å². The summed E-state index contributed by atoms with van der Waals surface area (Å²) in [6, 6.07) is -1.90. The Morgan fingerprint density at radius 3 is 1.86 bits per heavy atom. The molecular formula is C17H20Cl6N2O10. The van der Waals surface area contributed by atoms with Crippen LogP contribution in [0.1, 0.15) is 20.8 Å². The fraction of sp³-hybridized carbons (Fsp3) is 0.706. The van der Waals surface area contributed by atoms with Crippen LogP contribution in [-0.4, -0.2) is 91.3 Å². The fourth-order valence-electron chi connectivity index (χ4n) is 2.89. The Balaban J connectivity index is 3.58. The number of amidine groups is 1. The molecule has 1 heterocycles. The lowest BCUT2D eigenvalue weighted by Crippen LogP contribution is -2.68. The van der Waals surface area contributed by atoms with Gasteiger partial charge in [0.05, 0.1) is 0 Å². The first kappa shape index (κ1) is 32.0. The molecule has 12 nitrogen and oxygen atoms in total. The molecule has 0 radical (unpaired) electrons. The van der Waals surface area contributed by atoms with E-state index in [9.17, 15) is 24.3 Å². The zero-order chi connectivity index (χ0) is 27.3. The summed E-state index contributed by atoms with van der Waals surface area (Å²) in [4.78, 5) is 48.1. The van der Waals surface area contributed by atoms with Gasteiger partial charge in [-0.2, -0.15) is 0 Å². The average Bonchev–Trinajstić information content (AvgIpc) is 2.67. The van der Waals surface area contributed by atoms with Gasteiger partial charge in [0.15, 0.2) is 24.3 Å². The number of amides is 1. The van der Waals surface area contributed by atoms with Gasteiger partial charge in [0.2, 0.25) is 7.59 Å². The van der Waals surface area contributed by atoms with Crippen molar-refractivity contribution in [2.45, 2.75) is 59.0 Å². The van der Waals surface area contributed by atoms with Crippen LogP contribution >= 0.6 is 69.6 Å². The molecule has 0 aromatic rings. The number of rotatable bonds is 6.